The molecule has 0 bridgehead atoms. The minimum atomic E-state index is 0. The standard InChI is InChI=1S/C14H19Cl2N3.HI/c1-2-17-14(19-10-6-7-10)18-9-8-11-12(15)4-3-5-13(11)16;/h3-5,10H,2,6-9H2,1H3,(H2,17,18,19);1H. The monoisotopic (exact) mass is 427 g/mol. The molecule has 20 heavy (non-hydrogen) atoms. The summed E-state index contributed by atoms with van der Waals surface area (Å²) in [6.07, 6.45) is 3.22. The first-order valence-corrected chi connectivity index (χ1v) is 7.44. The molecule has 2 rings (SSSR count). The molecule has 3 nitrogen and oxygen atoms in total. The van der Waals surface area contributed by atoms with E-state index in [4.69, 9.17) is 23.2 Å². The molecule has 1 aliphatic carbocycles. The number of nitrogens with zero attached hydrogens (tertiary/aromatic N) is 1. The topological polar surface area (TPSA) is 36.4 Å². The van der Waals surface area contributed by atoms with Crippen molar-refractivity contribution in [3.8, 4) is 0 Å². The Morgan fingerprint density at radius 3 is 2.50 bits per heavy atom. The Labute approximate surface area is 147 Å². The van der Waals surface area contributed by atoms with Crippen molar-refractivity contribution in [1.82, 2.24) is 10.6 Å². The van der Waals surface area contributed by atoms with Gasteiger partial charge in [0, 0.05) is 29.2 Å². The van der Waals surface area contributed by atoms with Gasteiger partial charge in [0.1, 0.15) is 0 Å². The number of hydrogen-bond donors (Lipinski definition) is 2. The normalized spacial score (nSPS) is 14.7. The fourth-order valence-corrected chi connectivity index (χ4v) is 2.38. The summed E-state index contributed by atoms with van der Waals surface area (Å²) >= 11 is 12.3. The SMILES string of the molecule is CCNC(=NCCc1c(Cl)cccc1Cl)NC1CC1.I. The summed E-state index contributed by atoms with van der Waals surface area (Å²) in [4.78, 5) is 4.55. The van der Waals surface area contributed by atoms with Crippen LogP contribution in [0.2, 0.25) is 10.0 Å². The predicted octanol–water partition coefficient (Wildman–Crippen LogP) is 3.87. The number of halogens is 3. The van der Waals surface area contributed by atoms with Gasteiger partial charge < -0.3 is 10.6 Å². The van der Waals surface area contributed by atoms with Gasteiger partial charge in [0.15, 0.2) is 5.96 Å². The summed E-state index contributed by atoms with van der Waals surface area (Å²) in [6.45, 7) is 3.60. The van der Waals surface area contributed by atoms with E-state index in [1.54, 1.807) is 0 Å². The Morgan fingerprint density at radius 1 is 1.30 bits per heavy atom. The zero-order valence-corrected chi connectivity index (χ0v) is 15.3. The van der Waals surface area contributed by atoms with Crippen LogP contribution in [0.1, 0.15) is 25.3 Å². The Kier molecular flexibility index (Phi) is 7.99. The lowest BCUT2D eigenvalue weighted by Crippen LogP contribution is -2.38. The van der Waals surface area contributed by atoms with Crippen LogP contribution in [-0.4, -0.2) is 25.1 Å². The molecule has 1 saturated carbocycles. The molecular weight excluding hydrogens is 408 g/mol. The minimum Gasteiger partial charge on any atom is -0.357 e. The van der Waals surface area contributed by atoms with Crippen molar-refractivity contribution >= 4 is 53.1 Å². The Morgan fingerprint density at radius 2 is 1.95 bits per heavy atom. The van der Waals surface area contributed by atoms with Gasteiger partial charge >= 0.3 is 0 Å². The summed E-state index contributed by atoms with van der Waals surface area (Å²) in [5.74, 6) is 0.883. The van der Waals surface area contributed by atoms with Gasteiger partial charge in [-0.3, -0.25) is 4.99 Å². The lowest BCUT2D eigenvalue weighted by molar-refractivity contribution is 0.808. The Bertz CT molecular complexity index is 441. The number of benzene rings is 1. The number of rotatable bonds is 5. The molecule has 1 fully saturated rings. The van der Waals surface area contributed by atoms with E-state index in [9.17, 15) is 0 Å². The highest BCUT2D eigenvalue weighted by Crippen LogP contribution is 2.24. The van der Waals surface area contributed by atoms with Gasteiger partial charge in [-0.15, -0.1) is 24.0 Å². The second-order valence-corrected chi connectivity index (χ2v) is 5.44. The van der Waals surface area contributed by atoms with Crippen LogP contribution in [0, 0.1) is 0 Å². The van der Waals surface area contributed by atoms with E-state index < -0.39 is 0 Å². The highest BCUT2D eigenvalue weighted by molar-refractivity contribution is 14.0. The Balaban J connectivity index is 0.00000200. The number of hydrogen-bond acceptors (Lipinski definition) is 1. The smallest absolute Gasteiger partial charge is 0.191 e. The maximum absolute atomic E-state index is 6.14. The van der Waals surface area contributed by atoms with Crippen LogP contribution in [0.15, 0.2) is 23.2 Å². The molecule has 0 unspecified atom stereocenters. The summed E-state index contributed by atoms with van der Waals surface area (Å²) in [5.41, 5.74) is 0.969. The lowest BCUT2D eigenvalue weighted by Gasteiger charge is -2.10. The van der Waals surface area contributed by atoms with Crippen molar-refractivity contribution < 1.29 is 0 Å². The quantitative estimate of drug-likeness (QED) is 0.425. The first-order valence-electron chi connectivity index (χ1n) is 6.68. The average Bonchev–Trinajstić information content (AvgIpc) is 3.17. The van der Waals surface area contributed by atoms with Crippen LogP contribution in [-0.2, 0) is 6.42 Å². The van der Waals surface area contributed by atoms with Gasteiger partial charge in [-0.2, -0.15) is 0 Å². The van der Waals surface area contributed by atoms with Crippen molar-refractivity contribution in [2.24, 2.45) is 4.99 Å². The number of nitrogens with one attached hydrogen (secondary N) is 2. The molecule has 2 N–H and O–H groups in total. The molecule has 0 aliphatic heterocycles. The summed E-state index contributed by atoms with van der Waals surface area (Å²) < 4.78 is 0. The summed E-state index contributed by atoms with van der Waals surface area (Å²) in [7, 11) is 0. The molecule has 0 amide bonds. The maximum Gasteiger partial charge on any atom is 0.191 e. The maximum atomic E-state index is 6.14. The van der Waals surface area contributed by atoms with Crippen molar-refractivity contribution in [2.45, 2.75) is 32.2 Å². The highest BCUT2D eigenvalue weighted by atomic mass is 127. The predicted molar refractivity (Wildman–Crippen MR) is 97.7 cm³/mol. The molecule has 0 aromatic heterocycles. The van der Waals surface area contributed by atoms with E-state index in [0.717, 1.165) is 24.5 Å². The van der Waals surface area contributed by atoms with Crippen LogP contribution in [0.25, 0.3) is 0 Å². The van der Waals surface area contributed by atoms with E-state index in [-0.39, 0.29) is 24.0 Å². The second-order valence-electron chi connectivity index (χ2n) is 4.63. The molecule has 0 heterocycles. The van der Waals surface area contributed by atoms with Crippen molar-refractivity contribution in [3.63, 3.8) is 0 Å². The molecule has 0 atom stereocenters. The minimum absolute atomic E-state index is 0. The molecular formula is C14H20Cl2IN3. The molecule has 6 heteroatoms. The van der Waals surface area contributed by atoms with Crippen molar-refractivity contribution in [1.29, 1.82) is 0 Å². The van der Waals surface area contributed by atoms with Gasteiger partial charge in [0.05, 0.1) is 0 Å². The molecule has 1 aromatic carbocycles. The van der Waals surface area contributed by atoms with Crippen LogP contribution < -0.4 is 10.6 Å². The fraction of sp³-hybridized carbons (Fsp3) is 0.500. The number of aliphatic imine (C=N–C) groups is 1. The van der Waals surface area contributed by atoms with Crippen LogP contribution >= 0.6 is 47.2 Å². The van der Waals surface area contributed by atoms with Gasteiger partial charge in [0.2, 0.25) is 0 Å². The van der Waals surface area contributed by atoms with Gasteiger partial charge in [0.25, 0.3) is 0 Å². The first kappa shape index (κ1) is 17.9. The van der Waals surface area contributed by atoms with Gasteiger partial charge in [-0.1, -0.05) is 29.3 Å². The van der Waals surface area contributed by atoms with E-state index in [0.29, 0.717) is 22.6 Å². The molecule has 0 spiro atoms. The fourth-order valence-electron chi connectivity index (χ4n) is 1.79. The molecule has 1 aromatic rings. The van der Waals surface area contributed by atoms with Gasteiger partial charge in [-0.25, -0.2) is 0 Å². The summed E-state index contributed by atoms with van der Waals surface area (Å²) in [5, 5.41) is 8.04. The van der Waals surface area contributed by atoms with Crippen LogP contribution in [0.3, 0.4) is 0 Å². The van der Waals surface area contributed by atoms with Crippen LogP contribution in [0.4, 0.5) is 0 Å². The van der Waals surface area contributed by atoms with Crippen LogP contribution in [0.5, 0.6) is 0 Å². The molecule has 0 radical (unpaired) electrons. The van der Waals surface area contributed by atoms with Crippen molar-refractivity contribution in [2.75, 3.05) is 13.1 Å². The molecule has 112 valence electrons. The summed E-state index contributed by atoms with van der Waals surface area (Å²) in [6, 6.07) is 6.18. The van der Waals surface area contributed by atoms with E-state index in [1.807, 2.05) is 18.2 Å². The third-order valence-corrected chi connectivity index (χ3v) is 3.66. The lowest BCUT2D eigenvalue weighted by atomic mass is 10.1. The first-order chi connectivity index (χ1) is 9.20. The van der Waals surface area contributed by atoms with Crippen molar-refractivity contribution in [3.05, 3.63) is 33.8 Å². The third kappa shape index (κ3) is 5.66. The second kappa shape index (κ2) is 8.95. The van der Waals surface area contributed by atoms with E-state index in [2.05, 4.69) is 22.5 Å². The Hall–Kier alpha value is -0.200. The van der Waals surface area contributed by atoms with E-state index in [1.165, 1.54) is 12.8 Å². The molecule has 0 saturated heterocycles. The average molecular weight is 428 g/mol. The largest absolute Gasteiger partial charge is 0.357 e. The molecule has 1 aliphatic rings. The zero-order valence-electron chi connectivity index (χ0n) is 11.5. The van der Waals surface area contributed by atoms with Gasteiger partial charge in [-0.05, 0) is 43.9 Å². The third-order valence-electron chi connectivity index (χ3n) is 2.96. The highest BCUT2D eigenvalue weighted by Gasteiger charge is 2.21. The number of guanidine groups is 1. The van der Waals surface area contributed by atoms with E-state index >= 15 is 0 Å². The zero-order chi connectivity index (χ0) is 13.7.